The summed E-state index contributed by atoms with van der Waals surface area (Å²) in [5.41, 5.74) is 1.27. The monoisotopic (exact) mass is 258 g/mol. The minimum absolute atomic E-state index is 0.269. The number of benzene rings is 2. The molecule has 18 heavy (non-hydrogen) atoms. The highest BCUT2D eigenvalue weighted by molar-refractivity contribution is 7.91. The van der Waals surface area contributed by atoms with Gasteiger partial charge in [0.25, 0.3) is 0 Å². The van der Waals surface area contributed by atoms with Crippen molar-refractivity contribution in [2.24, 2.45) is 10.2 Å². The van der Waals surface area contributed by atoms with Crippen molar-refractivity contribution in [3.05, 3.63) is 60.2 Å². The Hall–Kier alpha value is -2.01. The van der Waals surface area contributed by atoms with Crippen LogP contribution in [0.2, 0.25) is 0 Å². The van der Waals surface area contributed by atoms with Gasteiger partial charge in [-0.15, -0.1) is 0 Å². The van der Waals surface area contributed by atoms with Crippen molar-refractivity contribution < 1.29 is 8.42 Å². The smallest absolute Gasteiger partial charge is 0.207 e. The molecule has 3 rings (SSSR count). The Morgan fingerprint density at radius 1 is 0.889 bits per heavy atom. The van der Waals surface area contributed by atoms with E-state index in [1.54, 1.807) is 48.5 Å². The van der Waals surface area contributed by atoms with Gasteiger partial charge in [-0.25, -0.2) is 8.42 Å². The van der Waals surface area contributed by atoms with E-state index in [9.17, 15) is 8.42 Å². The van der Waals surface area contributed by atoms with Gasteiger partial charge in [0.2, 0.25) is 15.2 Å². The first kappa shape index (κ1) is 11.1. The molecule has 0 aliphatic carbocycles. The van der Waals surface area contributed by atoms with E-state index in [1.165, 1.54) is 0 Å². The summed E-state index contributed by atoms with van der Waals surface area (Å²) in [4.78, 5) is 0.269. The maximum absolute atomic E-state index is 12.4. The molecule has 1 unspecified atom stereocenters. The molecule has 0 amide bonds. The largest absolute Gasteiger partial charge is 0.221 e. The van der Waals surface area contributed by atoms with Crippen LogP contribution in [0.1, 0.15) is 10.9 Å². The molecule has 5 heteroatoms. The van der Waals surface area contributed by atoms with Gasteiger partial charge in [-0.05, 0) is 18.2 Å². The SMILES string of the molecule is O=S(=O)(c1ccccc1)C1N=Nc2ccccc21. The number of sulfone groups is 1. The number of hydrogen-bond acceptors (Lipinski definition) is 4. The van der Waals surface area contributed by atoms with Gasteiger partial charge in [0.1, 0.15) is 0 Å². The first-order valence-corrected chi connectivity index (χ1v) is 7.03. The van der Waals surface area contributed by atoms with Gasteiger partial charge in [-0.2, -0.15) is 10.2 Å². The zero-order chi connectivity index (χ0) is 12.6. The molecule has 0 saturated heterocycles. The van der Waals surface area contributed by atoms with Gasteiger partial charge in [0, 0.05) is 5.56 Å². The molecule has 1 atom stereocenters. The van der Waals surface area contributed by atoms with Crippen LogP contribution >= 0.6 is 0 Å². The van der Waals surface area contributed by atoms with E-state index in [0.29, 0.717) is 11.3 Å². The first-order chi connectivity index (χ1) is 8.69. The summed E-state index contributed by atoms with van der Waals surface area (Å²) in [5, 5.41) is 6.89. The lowest BCUT2D eigenvalue weighted by Gasteiger charge is -2.09. The lowest BCUT2D eigenvalue weighted by Crippen LogP contribution is -2.09. The molecule has 1 heterocycles. The van der Waals surface area contributed by atoms with Gasteiger partial charge in [0.05, 0.1) is 10.6 Å². The van der Waals surface area contributed by atoms with Crippen molar-refractivity contribution in [3.63, 3.8) is 0 Å². The van der Waals surface area contributed by atoms with Crippen LogP contribution in [0.25, 0.3) is 0 Å². The van der Waals surface area contributed by atoms with E-state index >= 15 is 0 Å². The van der Waals surface area contributed by atoms with Crippen LogP contribution in [0.5, 0.6) is 0 Å². The second kappa shape index (κ2) is 4.03. The van der Waals surface area contributed by atoms with Crippen LogP contribution in [0, 0.1) is 0 Å². The Bertz CT molecular complexity index is 709. The summed E-state index contributed by atoms with van der Waals surface area (Å²) in [6.07, 6.45) is 0. The summed E-state index contributed by atoms with van der Waals surface area (Å²) in [6, 6.07) is 15.5. The van der Waals surface area contributed by atoms with Gasteiger partial charge < -0.3 is 0 Å². The predicted octanol–water partition coefficient (Wildman–Crippen LogP) is 3.26. The highest BCUT2D eigenvalue weighted by Crippen LogP contribution is 2.40. The van der Waals surface area contributed by atoms with Gasteiger partial charge in [-0.3, -0.25) is 0 Å². The number of nitrogens with zero attached hydrogens (tertiary/aromatic N) is 2. The maximum Gasteiger partial charge on any atom is 0.207 e. The molecule has 0 radical (unpaired) electrons. The van der Waals surface area contributed by atoms with E-state index in [1.807, 2.05) is 6.07 Å². The van der Waals surface area contributed by atoms with Crippen LogP contribution < -0.4 is 0 Å². The number of azo groups is 1. The summed E-state index contributed by atoms with van der Waals surface area (Å²) in [6.45, 7) is 0. The van der Waals surface area contributed by atoms with Crippen molar-refractivity contribution in [2.75, 3.05) is 0 Å². The molecular formula is C13H10N2O2S. The van der Waals surface area contributed by atoms with Gasteiger partial charge in [-0.1, -0.05) is 36.4 Å². The maximum atomic E-state index is 12.4. The molecule has 0 N–H and O–H groups in total. The Morgan fingerprint density at radius 2 is 1.56 bits per heavy atom. The molecule has 0 saturated carbocycles. The molecule has 0 fully saturated rings. The topological polar surface area (TPSA) is 58.9 Å². The van der Waals surface area contributed by atoms with Crippen molar-refractivity contribution in [1.82, 2.24) is 0 Å². The van der Waals surface area contributed by atoms with E-state index in [2.05, 4.69) is 10.2 Å². The van der Waals surface area contributed by atoms with E-state index in [-0.39, 0.29) is 4.90 Å². The zero-order valence-corrected chi connectivity index (χ0v) is 10.2. The highest BCUT2D eigenvalue weighted by atomic mass is 32.2. The molecule has 90 valence electrons. The second-order valence-electron chi connectivity index (χ2n) is 3.98. The first-order valence-electron chi connectivity index (χ1n) is 5.48. The summed E-state index contributed by atoms with van der Waals surface area (Å²) >= 11 is 0. The number of fused-ring (bicyclic) bond motifs is 1. The van der Waals surface area contributed by atoms with E-state index < -0.39 is 15.2 Å². The van der Waals surface area contributed by atoms with Crippen molar-refractivity contribution in [1.29, 1.82) is 0 Å². The summed E-state index contributed by atoms with van der Waals surface area (Å²) in [7, 11) is -3.51. The van der Waals surface area contributed by atoms with E-state index in [0.717, 1.165) is 0 Å². The molecule has 1 aliphatic heterocycles. The average Bonchev–Trinajstić information content (AvgIpc) is 2.84. The third-order valence-corrected chi connectivity index (χ3v) is 4.70. The van der Waals surface area contributed by atoms with Gasteiger partial charge >= 0.3 is 0 Å². The van der Waals surface area contributed by atoms with Crippen molar-refractivity contribution >= 4 is 15.5 Å². The fraction of sp³-hybridized carbons (Fsp3) is 0.0769. The molecule has 4 nitrogen and oxygen atoms in total. The minimum Gasteiger partial charge on any atom is -0.221 e. The number of hydrogen-bond donors (Lipinski definition) is 0. The molecule has 1 aliphatic rings. The highest BCUT2D eigenvalue weighted by Gasteiger charge is 2.33. The van der Waals surface area contributed by atoms with Crippen molar-refractivity contribution in [3.8, 4) is 0 Å². The minimum atomic E-state index is -3.51. The van der Waals surface area contributed by atoms with Crippen LogP contribution in [0.3, 0.4) is 0 Å². The molecule has 2 aromatic rings. The quantitative estimate of drug-likeness (QED) is 0.830. The molecule has 0 bridgehead atoms. The molecule has 0 spiro atoms. The molecular weight excluding hydrogens is 248 g/mol. The number of rotatable bonds is 2. The lowest BCUT2D eigenvalue weighted by atomic mass is 10.2. The average molecular weight is 258 g/mol. The fourth-order valence-electron chi connectivity index (χ4n) is 1.93. The Labute approximate surface area is 105 Å². The van der Waals surface area contributed by atoms with Crippen molar-refractivity contribution in [2.45, 2.75) is 10.3 Å². The van der Waals surface area contributed by atoms with Crippen LogP contribution in [0.15, 0.2) is 69.7 Å². The van der Waals surface area contributed by atoms with Gasteiger partial charge in [0.15, 0.2) is 0 Å². The second-order valence-corrected chi connectivity index (χ2v) is 5.99. The Balaban J connectivity index is 2.11. The standard InChI is InChI=1S/C13H10N2O2S/c16-18(17,10-6-2-1-3-7-10)13-11-8-4-5-9-12(11)14-15-13/h1-9,13H. The zero-order valence-electron chi connectivity index (χ0n) is 9.39. The normalized spacial score (nSPS) is 17.7. The summed E-state index contributed by atoms with van der Waals surface area (Å²) < 4.78 is 24.9. The third kappa shape index (κ3) is 1.64. The summed E-state index contributed by atoms with van der Waals surface area (Å²) in [5.74, 6) is 0. The predicted molar refractivity (Wildman–Crippen MR) is 67.3 cm³/mol. The van der Waals surface area contributed by atoms with Crippen LogP contribution in [-0.2, 0) is 9.84 Å². The fourth-order valence-corrected chi connectivity index (χ4v) is 3.43. The lowest BCUT2D eigenvalue weighted by molar-refractivity contribution is 0.584. The Morgan fingerprint density at radius 3 is 2.33 bits per heavy atom. The third-order valence-electron chi connectivity index (χ3n) is 2.84. The molecule has 2 aromatic carbocycles. The Kier molecular flexibility index (Phi) is 2.48. The van der Waals surface area contributed by atoms with Crippen LogP contribution in [-0.4, -0.2) is 8.42 Å². The van der Waals surface area contributed by atoms with E-state index in [4.69, 9.17) is 0 Å². The van der Waals surface area contributed by atoms with Crippen LogP contribution in [0.4, 0.5) is 5.69 Å². The molecule has 0 aromatic heterocycles.